The molecular formula is C20H38NNaO6S. The molecule has 3 N–H and O–H groups in total. The minimum absolute atomic E-state index is 0. The zero-order valence-electron chi connectivity index (χ0n) is 18.5. The molecule has 0 saturated heterocycles. The second-order valence-electron chi connectivity index (χ2n) is 7.68. The van der Waals surface area contributed by atoms with Crippen molar-refractivity contribution in [2.75, 3.05) is 0 Å². The van der Waals surface area contributed by atoms with Crippen LogP contribution in [0, 0.1) is 5.92 Å². The Morgan fingerprint density at radius 2 is 1.31 bits per heavy atom. The molecule has 0 heterocycles. The van der Waals surface area contributed by atoms with E-state index in [1.807, 2.05) is 0 Å². The van der Waals surface area contributed by atoms with E-state index in [0.717, 1.165) is 57.8 Å². The molecule has 7 nitrogen and oxygen atoms in total. The summed E-state index contributed by atoms with van der Waals surface area (Å²) >= 11 is 0. The number of carboxylic acid groups (broad SMARTS) is 1. The molecule has 2 atom stereocenters. The average molecular weight is 444 g/mol. The first-order valence-electron chi connectivity index (χ1n) is 10.6. The van der Waals surface area contributed by atoms with Gasteiger partial charge in [0.2, 0.25) is 5.91 Å². The van der Waals surface area contributed by atoms with Crippen LogP contribution in [-0.2, 0) is 19.7 Å². The fraction of sp³-hybridized carbons (Fsp3) is 0.900. The van der Waals surface area contributed by atoms with Gasteiger partial charge in [0.1, 0.15) is 4.75 Å². The Balaban J connectivity index is 0. The summed E-state index contributed by atoms with van der Waals surface area (Å²) in [6.07, 6.45) is 9.75. The molecule has 0 rings (SSSR count). The van der Waals surface area contributed by atoms with Crippen molar-refractivity contribution in [1.29, 1.82) is 0 Å². The largest absolute Gasteiger partial charge is 1.00 e. The van der Waals surface area contributed by atoms with Crippen LogP contribution in [0.25, 0.3) is 0 Å². The molecule has 166 valence electrons. The van der Waals surface area contributed by atoms with Crippen LogP contribution in [0.15, 0.2) is 0 Å². The van der Waals surface area contributed by atoms with Crippen LogP contribution in [0.3, 0.4) is 0 Å². The van der Waals surface area contributed by atoms with Gasteiger partial charge >= 0.3 is 29.6 Å². The third kappa shape index (κ3) is 10.6. The average Bonchev–Trinajstić information content (AvgIpc) is 2.60. The van der Waals surface area contributed by atoms with Gasteiger partial charge in [-0.1, -0.05) is 90.9 Å². The second kappa shape index (κ2) is 16.5. The quantitative estimate of drug-likeness (QED) is 0.173. The molecular weight excluding hydrogens is 405 g/mol. The second-order valence-corrected chi connectivity index (χ2v) is 9.36. The van der Waals surface area contributed by atoms with Gasteiger partial charge in [0.15, 0.2) is 0 Å². The van der Waals surface area contributed by atoms with E-state index in [2.05, 4.69) is 13.8 Å². The molecule has 9 heteroatoms. The standard InChI is InChI=1S/C20H39NO6S.Na/c1-3-5-7-9-11-13-15-17(18(21)22)20(19(23)24,28(25,26)27)16-14-12-10-8-6-4-2;/h17H,3-16H2,1-2H3,(H2,21,22)(H,23,24)(H,25,26,27);/q;+1/p-1. The Morgan fingerprint density at radius 1 is 0.897 bits per heavy atom. The SMILES string of the molecule is CCCCCCCCC(C(N)=O)C(CCCCCCCC)(C(=O)[O-])S(=O)(=O)O.[Na+]. The van der Waals surface area contributed by atoms with E-state index in [1.54, 1.807) is 0 Å². The number of rotatable bonds is 18. The number of amides is 1. The molecule has 0 radical (unpaired) electrons. The van der Waals surface area contributed by atoms with E-state index in [-0.39, 0.29) is 48.8 Å². The zero-order chi connectivity index (χ0) is 21.6. The molecule has 0 bridgehead atoms. The van der Waals surface area contributed by atoms with Gasteiger partial charge in [-0.3, -0.25) is 9.35 Å². The first-order chi connectivity index (χ1) is 13.1. The summed E-state index contributed by atoms with van der Waals surface area (Å²) < 4.78 is 31.3. The van der Waals surface area contributed by atoms with Crippen LogP contribution in [0.4, 0.5) is 0 Å². The number of carbonyl (C=O) groups is 2. The number of hydrogen-bond donors (Lipinski definition) is 2. The van der Waals surface area contributed by atoms with E-state index in [0.29, 0.717) is 12.8 Å². The molecule has 0 fully saturated rings. The van der Waals surface area contributed by atoms with Crippen molar-refractivity contribution in [3.8, 4) is 0 Å². The van der Waals surface area contributed by atoms with Gasteiger partial charge in [0.25, 0.3) is 10.1 Å². The van der Waals surface area contributed by atoms with Crippen LogP contribution in [0.5, 0.6) is 0 Å². The number of primary amides is 1. The zero-order valence-corrected chi connectivity index (χ0v) is 21.3. The maximum absolute atomic E-state index is 12.1. The van der Waals surface area contributed by atoms with Crippen molar-refractivity contribution in [2.24, 2.45) is 11.7 Å². The third-order valence-electron chi connectivity index (χ3n) is 5.46. The van der Waals surface area contributed by atoms with Crippen molar-refractivity contribution in [3.63, 3.8) is 0 Å². The van der Waals surface area contributed by atoms with E-state index < -0.39 is 32.7 Å². The van der Waals surface area contributed by atoms with E-state index in [4.69, 9.17) is 5.73 Å². The summed E-state index contributed by atoms with van der Waals surface area (Å²) in [5.41, 5.74) is 5.38. The predicted molar refractivity (Wildman–Crippen MR) is 108 cm³/mol. The van der Waals surface area contributed by atoms with Gasteiger partial charge in [0.05, 0.1) is 11.9 Å². The van der Waals surface area contributed by atoms with E-state index in [1.165, 1.54) is 0 Å². The first kappa shape index (κ1) is 31.0. The number of unbranched alkanes of at least 4 members (excludes halogenated alkanes) is 10. The van der Waals surface area contributed by atoms with Gasteiger partial charge in [-0.05, 0) is 12.8 Å². The molecule has 0 aromatic rings. The molecule has 2 unspecified atom stereocenters. The molecule has 0 aliphatic carbocycles. The number of carbonyl (C=O) groups excluding carboxylic acids is 2. The van der Waals surface area contributed by atoms with Crippen LogP contribution in [-0.4, -0.2) is 29.6 Å². The summed E-state index contributed by atoms with van der Waals surface area (Å²) in [6.45, 7) is 4.16. The monoisotopic (exact) mass is 443 g/mol. The van der Waals surface area contributed by atoms with Crippen molar-refractivity contribution < 1.29 is 57.2 Å². The molecule has 0 aromatic carbocycles. The number of carboxylic acids is 1. The van der Waals surface area contributed by atoms with Gasteiger partial charge in [-0.25, -0.2) is 0 Å². The fourth-order valence-electron chi connectivity index (χ4n) is 3.73. The topological polar surface area (TPSA) is 138 Å². The molecule has 0 aliphatic heterocycles. The van der Waals surface area contributed by atoms with Crippen molar-refractivity contribution in [3.05, 3.63) is 0 Å². The number of hydrogen-bond acceptors (Lipinski definition) is 5. The maximum Gasteiger partial charge on any atom is 1.00 e. The smallest absolute Gasteiger partial charge is 0.548 e. The van der Waals surface area contributed by atoms with Gasteiger partial charge in [0, 0.05) is 0 Å². The summed E-state index contributed by atoms with van der Waals surface area (Å²) in [7, 11) is -5.08. The molecule has 1 amide bonds. The van der Waals surface area contributed by atoms with E-state index >= 15 is 0 Å². The molecule has 0 aromatic heterocycles. The molecule has 29 heavy (non-hydrogen) atoms. The van der Waals surface area contributed by atoms with Crippen molar-refractivity contribution in [2.45, 2.75) is 108 Å². The Kier molecular flexibility index (Phi) is 17.7. The molecule has 0 saturated carbocycles. The van der Waals surface area contributed by atoms with Crippen LogP contribution in [0.2, 0.25) is 0 Å². The fourth-order valence-corrected chi connectivity index (χ4v) is 4.94. The maximum atomic E-state index is 12.1. The normalized spacial score (nSPS) is 14.6. The van der Waals surface area contributed by atoms with E-state index in [9.17, 15) is 27.7 Å². The van der Waals surface area contributed by atoms with Crippen molar-refractivity contribution in [1.82, 2.24) is 0 Å². The van der Waals surface area contributed by atoms with Gasteiger partial charge in [-0.2, -0.15) is 8.42 Å². The first-order valence-corrected chi connectivity index (χ1v) is 12.1. The summed E-state index contributed by atoms with van der Waals surface area (Å²) in [5.74, 6) is -4.48. The predicted octanol–water partition coefficient (Wildman–Crippen LogP) is -0.0304. The van der Waals surface area contributed by atoms with Crippen LogP contribution < -0.4 is 40.4 Å². The Hall–Kier alpha value is -0.150. The Labute approximate surface area is 198 Å². The van der Waals surface area contributed by atoms with Gasteiger partial charge in [-0.15, -0.1) is 0 Å². The number of nitrogens with two attached hydrogens (primary N) is 1. The summed E-state index contributed by atoms with van der Waals surface area (Å²) in [6, 6.07) is 0. The van der Waals surface area contributed by atoms with Crippen LogP contribution in [0.1, 0.15) is 104 Å². The number of aliphatic carboxylic acids is 1. The minimum Gasteiger partial charge on any atom is -0.548 e. The third-order valence-corrected chi connectivity index (χ3v) is 7.04. The molecule has 0 aliphatic rings. The van der Waals surface area contributed by atoms with Crippen molar-refractivity contribution >= 4 is 22.0 Å². The Morgan fingerprint density at radius 3 is 1.69 bits per heavy atom. The summed E-state index contributed by atoms with van der Waals surface area (Å²) in [4.78, 5) is 23.9. The van der Waals surface area contributed by atoms with Crippen LogP contribution >= 0.6 is 0 Å². The van der Waals surface area contributed by atoms with Gasteiger partial charge < -0.3 is 15.6 Å². The molecule has 0 spiro atoms. The Bertz CT molecular complexity index is 569. The summed E-state index contributed by atoms with van der Waals surface area (Å²) in [5, 5.41) is 11.9. The minimum atomic E-state index is -5.08.